The van der Waals surface area contributed by atoms with Crippen molar-refractivity contribution >= 4 is 33.3 Å². The van der Waals surface area contributed by atoms with E-state index in [-0.39, 0.29) is 11.8 Å². The van der Waals surface area contributed by atoms with Gasteiger partial charge >= 0.3 is 5.97 Å². The third-order valence-corrected chi connectivity index (χ3v) is 6.99. The van der Waals surface area contributed by atoms with E-state index in [4.69, 9.17) is 9.72 Å². The Balaban J connectivity index is 1.58. The molecule has 2 aromatic heterocycles. The van der Waals surface area contributed by atoms with E-state index in [1.165, 1.54) is 16.7 Å². The van der Waals surface area contributed by atoms with Gasteiger partial charge in [0.1, 0.15) is 12.6 Å². The van der Waals surface area contributed by atoms with E-state index < -0.39 is 5.97 Å². The number of hydrogen-bond acceptors (Lipinski definition) is 5. The number of hydrogen-bond donors (Lipinski definition) is 2. The molecule has 1 aliphatic heterocycles. The third kappa shape index (κ3) is 3.72. The Morgan fingerprint density at radius 3 is 2.83 bits per heavy atom. The number of rotatable bonds is 5. The number of Topliss-reactive ketones (excluding diaryl/α,β-unsaturated/α-hetero) is 1. The van der Waals surface area contributed by atoms with Crippen LogP contribution in [0.15, 0.2) is 24.3 Å². The lowest BCUT2D eigenvalue weighted by Crippen LogP contribution is -3.13. The first-order valence-corrected chi connectivity index (χ1v) is 10.8. The number of H-pyrrole nitrogens is 1. The van der Waals surface area contributed by atoms with Gasteiger partial charge in [-0.3, -0.25) is 4.79 Å². The summed E-state index contributed by atoms with van der Waals surface area (Å²) < 4.78 is 6.05. The number of carbonyl (C=O) groups is 2. The minimum absolute atomic E-state index is 0.0313. The minimum atomic E-state index is -0.409. The normalized spacial score (nSPS) is 19.4. The third-order valence-electron chi connectivity index (χ3n) is 5.84. The predicted octanol–water partition coefficient (Wildman–Crippen LogP) is 3.02. The maximum Gasteiger partial charge on any atom is 0.339 e. The van der Waals surface area contributed by atoms with Crippen LogP contribution in [0.2, 0.25) is 0 Å². The molecule has 1 saturated heterocycles. The molecule has 0 bridgehead atoms. The Hall–Kier alpha value is -2.51. The van der Waals surface area contributed by atoms with Gasteiger partial charge in [0, 0.05) is 12.1 Å². The Morgan fingerprint density at radius 1 is 1.28 bits per heavy atom. The monoisotopic (exact) mass is 412 g/mol. The van der Waals surface area contributed by atoms with Crippen LogP contribution in [0.1, 0.15) is 62.4 Å². The SMILES string of the molecule is COC(=O)c1c(C)[nH]c(C(=O)C[NH+]2CCCC[C@H]2c2nc3ccccc3s2)c1C. The first kappa shape index (κ1) is 19.8. The van der Waals surface area contributed by atoms with Crippen molar-refractivity contribution in [3.8, 4) is 0 Å². The average Bonchev–Trinajstić information content (AvgIpc) is 3.28. The van der Waals surface area contributed by atoms with Crippen molar-refractivity contribution in [1.29, 1.82) is 0 Å². The molecule has 0 spiro atoms. The summed E-state index contributed by atoms with van der Waals surface area (Å²) >= 11 is 1.73. The standard InChI is InChI=1S/C22H25N3O3S/c1-13-19(22(27)28-3)14(2)23-20(13)17(26)12-25-11-7-6-9-16(25)21-24-15-8-4-5-10-18(15)29-21/h4-5,8,10,16,23H,6-7,9,11-12H2,1-3H3/p+1/t16-/m0/s1. The summed E-state index contributed by atoms with van der Waals surface area (Å²) in [4.78, 5) is 34.4. The number of nitrogens with zero attached hydrogens (tertiary/aromatic N) is 1. The number of thiazole rings is 1. The number of ether oxygens (including phenoxy) is 1. The molecule has 1 fully saturated rings. The number of aryl methyl sites for hydroxylation is 1. The van der Waals surface area contributed by atoms with Gasteiger partial charge < -0.3 is 14.6 Å². The van der Waals surface area contributed by atoms with E-state index in [2.05, 4.69) is 11.1 Å². The highest BCUT2D eigenvalue weighted by Gasteiger charge is 2.33. The molecule has 1 aliphatic rings. The highest BCUT2D eigenvalue weighted by Crippen LogP contribution is 2.28. The summed E-state index contributed by atoms with van der Waals surface area (Å²) in [6.45, 7) is 4.95. The number of esters is 1. The van der Waals surface area contributed by atoms with Crippen LogP contribution in [0.3, 0.4) is 0 Å². The van der Waals surface area contributed by atoms with Crippen molar-refractivity contribution in [2.45, 2.75) is 39.2 Å². The molecule has 0 radical (unpaired) electrons. The van der Waals surface area contributed by atoms with Gasteiger partial charge in [0.25, 0.3) is 0 Å². The summed E-state index contributed by atoms with van der Waals surface area (Å²) in [7, 11) is 1.36. The number of fused-ring (bicyclic) bond motifs is 1. The molecular weight excluding hydrogens is 386 g/mol. The van der Waals surface area contributed by atoms with Gasteiger partial charge in [-0.25, -0.2) is 9.78 Å². The lowest BCUT2D eigenvalue weighted by Gasteiger charge is -2.30. The fourth-order valence-corrected chi connectivity index (χ4v) is 5.52. The van der Waals surface area contributed by atoms with Crippen LogP contribution in [-0.2, 0) is 4.74 Å². The van der Waals surface area contributed by atoms with Crippen LogP contribution in [0.25, 0.3) is 10.2 Å². The van der Waals surface area contributed by atoms with E-state index >= 15 is 0 Å². The molecule has 0 amide bonds. The number of likely N-dealkylation sites (tertiary alicyclic amines) is 1. The second kappa shape index (κ2) is 8.08. The quantitative estimate of drug-likeness (QED) is 0.499. The van der Waals surface area contributed by atoms with Gasteiger partial charge in [-0.05, 0) is 44.4 Å². The number of aromatic amines is 1. The fraction of sp³-hybridized carbons (Fsp3) is 0.409. The van der Waals surface area contributed by atoms with Gasteiger partial charge in [-0.1, -0.05) is 12.1 Å². The number of aromatic nitrogens is 2. The zero-order valence-electron chi connectivity index (χ0n) is 17.0. The zero-order chi connectivity index (χ0) is 20.5. The van der Waals surface area contributed by atoms with Gasteiger partial charge in [-0.2, -0.15) is 0 Å². The van der Waals surface area contributed by atoms with Crippen molar-refractivity contribution in [2.75, 3.05) is 20.2 Å². The molecule has 2 N–H and O–H groups in total. The topological polar surface area (TPSA) is 76.5 Å². The second-order valence-corrected chi connectivity index (χ2v) is 8.76. The highest BCUT2D eigenvalue weighted by atomic mass is 32.1. The molecule has 7 heteroatoms. The Labute approximate surface area is 173 Å². The average molecular weight is 413 g/mol. The number of carbonyl (C=O) groups excluding carboxylic acids is 2. The van der Waals surface area contributed by atoms with Gasteiger partial charge in [-0.15, -0.1) is 11.3 Å². The first-order valence-electron chi connectivity index (χ1n) is 10.00. The van der Waals surface area contributed by atoms with Crippen molar-refractivity contribution in [1.82, 2.24) is 9.97 Å². The van der Waals surface area contributed by atoms with Gasteiger partial charge in [0.15, 0.2) is 5.01 Å². The molecule has 152 valence electrons. The maximum atomic E-state index is 13.1. The molecule has 4 rings (SSSR count). The number of methoxy groups -OCH3 is 1. The summed E-state index contributed by atoms with van der Waals surface area (Å²) in [6, 6.07) is 8.43. The van der Waals surface area contributed by atoms with E-state index in [1.807, 2.05) is 18.2 Å². The predicted molar refractivity (Wildman–Crippen MR) is 113 cm³/mol. The molecule has 3 aromatic rings. The lowest BCUT2D eigenvalue weighted by atomic mass is 10.0. The first-order chi connectivity index (χ1) is 14.0. The van der Waals surface area contributed by atoms with Crippen molar-refractivity contribution in [3.05, 3.63) is 51.8 Å². The highest BCUT2D eigenvalue weighted by molar-refractivity contribution is 7.18. The molecule has 1 unspecified atom stereocenters. The van der Waals surface area contributed by atoms with Crippen LogP contribution in [0.4, 0.5) is 0 Å². The van der Waals surface area contributed by atoms with Crippen molar-refractivity contribution in [3.63, 3.8) is 0 Å². The van der Waals surface area contributed by atoms with E-state index in [9.17, 15) is 9.59 Å². The molecule has 6 nitrogen and oxygen atoms in total. The summed E-state index contributed by atoms with van der Waals surface area (Å²) in [5.41, 5.74) is 3.36. The number of ketones is 1. The summed E-state index contributed by atoms with van der Waals surface area (Å²) in [5.74, 6) is -0.378. The molecule has 1 aromatic carbocycles. The van der Waals surface area contributed by atoms with Crippen LogP contribution in [-0.4, -0.2) is 41.9 Å². The Kier molecular flexibility index (Phi) is 5.52. The molecular formula is C22H26N3O3S+. The van der Waals surface area contributed by atoms with Gasteiger partial charge in [0.2, 0.25) is 5.78 Å². The summed E-state index contributed by atoms with van der Waals surface area (Å²) in [6.07, 6.45) is 3.31. The maximum absolute atomic E-state index is 13.1. The number of piperidine rings is 1. The van der Waals surface area contributed by atoms with E-state index in [0.29, 0.717) is 29.1 Å². The molecule has 3 heterocycles. The van der Waals surface area contributed by atoms with Crippen molar-refractivity contribution < 1.29 is 19.2 Å². The van der Waals surface area contributed by atoms with Gasteiger partial charge in [0.05, 0.1) is 35.1 Å². The smallest absolute Gasteiger partial charge is 0.339 e. The Morgan fingerprint density at radius 2 is 2.07 bits per heavy atom. The second-order valence-electron chi connectivity index (χ2n) is 7.69. The van der Waals surface area contributed by atoms with Crippen LogP contribution < -0.4 is 4.90 Å². The molecule has 2 atom stereocenters. The van der Waals surface area contributed by atoms with Crippen molar-refractivity contribution in [2.24, 2.45) is 0 Å². The number of nitrogens with one attached hydrogen (secondary N) is 2. The number of quaternary nitrogens is 1. The summed E-state index contributed by atoms with van der Waals surface area (Å²) in [5, 5.41) is 1.11. The van der Waals surface area contributed by atoms with Crippen LogP contribution >= 0.6 is 11.3 Å². The lowest BCUT2D eigenvalue weighted by molar-refractivity contribution is -0.929. The van der Waals surface area contributed by atoms with Crippen LogP contribution in [0.5, 0.6) is 0 Å². The van der Waals surface area contributed by atoms with Crippen LogP contribution in [0, 0.1) is 13.8 Å². The fourth-order valence-electron chi connectivity index (χ4n) is 4.36. The minimum Gasteiger partial charge on any atom is -0.465 e. The van der Waals surface area contributed by atoms with E-state index in [1.54, 1.807) is 25.2 Å². The molecule has 0 saturated carbocycles. The number of benzene rings is 1. The zero-order valence-corrected chi connectivity index (χ0v) is 17.8. The molecule has 0 aliphatic carbocycles. The van der Waals surface area contributed by atoms with E-state index in [0.717, 1.165) is 36.3 Å². The number of para-hydroxylation sites is 1. The Bertz CT molecular complexity index is 1040. The molecule has 29 heavy (non-hydrogen) atoms. The largest absolute Gasteiger partial charge is 0.465 e.